The molecule has 3 N–H and O–H groups in total. The number of aromatic hydroxyl groups is 1. The summed E-state index contributed by atoms with van der Waals surface area (Å²) in [7, 11) is -6.30. The van der Waals surface area contributed by atoms with Crippen molar-refractivity contribution in [3.05, 3.63) is 60.4 Å². The van der Waals surface area contributed by atoms with E-state index >= 15 is 0 Å². The lowest BCUT2D eigenvalue weighted by atomic mass is 10.1. The van der Waals surface area contributed by atoms with Gasteiger partial charge in [-0.1, -0.05) is 30.3 Å². The molecule has 3 aromatic rings. The Balaban J connectivity index is 2.16. The molecule has 3 rings (SSSR count). The van der Waals surface area contributed by atoms with Crippen LogP contribution in [-0.4, -0.2) is 34.6 Å². The highest BCUT2D eigenvalue weighted by Gasteiger charge is 2.21. The van der Waals surface area contributed by atoms with Crippen molar-refractivity contribution in [2.75, 3.05) is 10.5 Å². The third-order valence-corrected chi connectivity index (χ3v) is 6.51. The van der Waals surface area contributed by atoms with Crippen LogP contribution in [0.5, 0.6) is 5.75 Å². The van der Waals surface area contributed by atoms with Crippen molar-refractivity contribution in [3.8, 4) is 5.75 Å². The zero-order valence-electron chi connectivity index (χ0n) is 14.1. The van der Waals surface area contributed by atoms with Gasteiger partial charge in [0.1, 0.15) is 17.3 Å². The van der Waals surface area contributed by atoms with Crippen molar-refractivity contribution in [3.63, 3.8) is 0 Å². The molecule has 7 nitrogen and oxygen atoms in total. The second kappa shape index (κ2) is 7.56. The van der Waals surface area contributed by atoms with E-state index in [9.17, 15) is 26.9 Å². The molecule has 0 aliphatic rings. The van der Waals surface area contributed by atoms with E-state index in [1.165, 1.54) is 24.3 Å². The number of fused-ring (bicyclic) bond motifs is 1. The van der Waals surface area contributed by atoms with Gasteiger partial charge in [-0.15, -0.1) is 0 Å². The summed E-state index contributed by atoms with van der Waals surface area (Å²) in [5.74, 6) is -3.24. The fourth-order valence-electron chi connectivity index (χ4n) is 2.62. The molecular formula is C18H14FNO6S2. The molecule has 10 heteroatoms. The van der Waals surface area contributed by atoms with E-state index in [0.29, 0.717) is 5.39 Å². The van der Waals surface area contributed by atoms with Crippen molar-refractivity contribution in [1.82, 2.24) is 0 Å². The smallest absolute Gasteiger partial charge is 0.316 e. The molecule has 0 aliphatic heterocycles. The van der Waals surface area contributed by atoms with Crippen LogP contribution in [0.3, 0.4) is 0 Å². The number of aliphatic carboxylic acids is 1. The zero-order chi connectivity index (χ0) is 20.5. The number of halogens is 1. The number of benzene rings is 3. The van der Waals surface area contributed by atoms with Crippen molar-refractivity contribution in [2.24, 2.45) is 0 Å². The van der Waals surface area contributed by atoms with E-state index in [1.807, 2.05) is 0 Å². The summed E-state index contributed by atoms with van der Waals surface area (Å²) in [6.07, 6.45) is 0. The maximum atomic E-state index is 13.4. The Morgan fingerprint density at radius 1 is 1.07 bits per heavy atom. The molecule has 146 valence electrons. The van der Waals surface area contributed by atoms with E-state index in [4.69, 9.17) is 5.11 Å². The molecule has 28 heavy (non-hydrogen) atoms. The fraction of sp³-hybridized carbons (Fsp3) is 0.0556. The average Bonchev–Trinajstić information content (AvgIpc) is 2.63. The molecule has 0 fully saturated rings. The van der Waals surface area contributed by atoms with Gasteiger partial charge in [0, 0.05) is 10.8 Å². The first-order chi connectivity index (χ1) is 13.2. The van der Waals surface area contributed by atoms with Gasteiger partial charge in [0.25, 0.3) is 10.0 Å². The lowest BCUT2D eigenvalue weighted by molar-refractivity contribution is -0.133. The number of hydrogen-bond donors (Lipinski definition) is 3. The van der Waals surface area contributed by atoms with Crippen LogP contribution in [-0.2, 0) is 25.6 Å². The second-order valence-electron chi connectivity index (χ2n) is 5.76. The van der Waals surface area contributed by atoms with Gasteiger partial charge in [0.05, 0.1) is 26.3 Å². The van der Waals surface area contributed by atoms with Crippen LogP contribution in [0.1, 0.15) is 0 Å². The van der Waals surface area contributed by atoms with Crippen LogP contribution in [0.2, 0.25) is 0 Å². The first kappa shape index (κ1) is 19.8. The first-order valence-electron chi connectivity index (χ1n) is 7.82. The maximum absolute atomic E-state index is 13.4. The highest BCUT2D eigenvalue weighted by Crippen LogP contribution is 2.37. The number of anilines is 1. The van der Waals surface area contributed by atoms with Gasteiger partial charge in [0.2, 0.25) is 0 Å². The highest BCUT2D eigenvalue weighted by molar-refractivity contribution is 7.92. The van der Waals surface area contributed by atoms with Crippen molar-refractivity contribution < 1.29 is 32.0 Å². The van der Waals surface area contributed by atoms with Crippen molar-refractivity contribution in [2.45, 2.75) is 9.79 Å². The fourth-order valence-corrected chi connectivity index (χ4v) is 4.68. The molecule has 0 spiro atoms. The molecular weight excluding hydrogens is 409 g/mol. The normalized spacial score (nSPS) is 12.6. The molecule has 0 aliphatic carbocycles. The molecule has 0 saturated carbocycles. The Morgan fingerprint density at radius 3 is 2.39 bits per heavy atom. The van der Waals surface area contributed by atoms with Gasteiger partial charge >= 0.3 is 5.97 Å². The third kappa shape index (κ3) is 3.97. The summed E-state index contributed by atoms with van der Waals surface area (Å²) < 4.78 is 53.3. The minimum absolute atomic E-state index is 0.0219. The first-order valence-corrected chi connectivity index (χ1v) is 10.6. The highest BCUT2D eigenvalue weighted by atomic mass is 32.2. The average molecular weight is 423 g/mol. The summed E-state index contributed by atoms with van der Waals surface area (Å²) in [6.45, 7) is 0. The monoisotopic (exact) mass is 423 g/mol. The van der Waals surface area contributed by atoms with E-state index < -0.39 is 44.1 Å². The van der Waals surface area contributed by atoms with Crippen LogP contribution in [0, 0.1) is 5.82 Å². The number of hydrogen-bond acceptors (Lipinski definition) is 5. The summed E-state index contributed by atoms with van der Waals surface area (Å²) in [6, 6.07) is 11.7. The minimum atomic E-state index is -4.19. The SMILES string of the molecule is O=C(O)CS(=O)c1cc(NS(=O)(=O)c2cccc(F)c2)c2ccccc2c1O. The van der Waals surface area contributed by atoms with E-state index in [-0.39, 0.29) is 20.9 Å². The lowest BCUT2D eigenvalue weighted by Gasteiger charge is -2.14. The Labute approximate surface area is 162 Å². The van der Waals surface area contributed by atoms with Gasteiger partial charge in [0.15, 0.2) is 0 Å². The van der Waals surface area contributed by atoms with Gasteiger partial charge in [-0.25, -0.2) is 12.8 Å². The number of carboxylic acids is 1. The second-order valence-corrected chi connectivity index (χ2v) is 8.86. The standard InChI is InChI=1S/C18H14FNO6S2/c19-11-4-3-5-12(8-11)28(25,26)20-15-9-16(27(24)10-17(21)22)18(23)14-7-2-1-6-13(14)15/h1-9,20,23H,10H2,(H,21,22). The summed E-state index contributed by atoms with van der Waals surface area (Å²) >= 11 is 0. The Morgan fingerprint density at radius 2 is 1.75 bits per heavy atom. The quantitative estimate of drug-likeness (QED) is 0.524. The van der Waals surface area contributed by atoms with E-state index in [1.54, 1.807) is 12.1 Å². The van der Waals surface area contributed by atoms with Gasteiger partial charge in [-0.05, 0) is 24.3 Å². The molecule has 0 saturated heterocycles. The molecule has 3 aromatic carbocycles. The number of nitrogens with one attached hydrogen (secondary N) is 1. The number of phenolic OH excluding ortho intramolecular Hbond substituents is 1. The predicted octanol–water partition coefficient (Wildman–Crippen LogP) is 2.68. The lowest BCUT2D eigenvalue weighted by Crippen LogP contribution is -2.14. The molecule has 0 radical (unpaired) electrons. The van der Waals surface area contributed by atoms with Gasteiger partial charge in [-0.3, -0.25) is 13.7 Å². The summed E-state index contributed by atoms with van der Waals surface area (Å²) in [4.78, 5) is 10.3. The number of carbonyl (C=O) groups is 1. The zero-order valence-corrected chi connectivity index (χ0v) is 15.8. The van der Waals surface area contributed by atoms with Crippen LogP contribution in [0.4, 0.5) is 10.1 Å². The van der Waals surface area contributed by atoms with E-state index in [0.717, 1.165) is 18.2 Å². The van der Waals surface area contributed by atoms with Crippen LogP contribution in [0.15, 0.2) is 64.4 Å². The van der Waals surface area contributed by atoms with Crippen LogP contribution >= 0.6 is 0 Å². The maximum Gasteiger partial charge on any atom is 0.316 e. The van der Waals surface area contributed by atoms with Gasteiger partial charge in [-0.2, -0.15) is 0 Å². The van der Waals surface area contributed by atoms with Crippen LogP contribution in [0.25, 0.3) is 10.8 Å². The number of phenols is 1. The molecule has 0 aromatic heterocycles. The molecule has 1 unspecified atom stereocenters. The number of sulfonamides is 1. The van der Waals surface area contributed by atoms with Crippen molar-refractivity contribution in [1.29, 1.82) is 0 Å². The number of rotatable bonds is 6. The van der Waals surface area contributed by atoms with Crippen LogP contribution < -0.4 is 4.72 Å². The molecule has 0 heterocycles. The van der Waals surface area contributed by atoms with E-state index in [2.05, 4.69) is 4.72 Å². The Hall–Kier alpha value is -2.98. The predicted molar refractivity (Wildman–Crippen MR) is 102 cm³/mol. The van der Waals surface area contributed by atoms with Gasteiger partial charge < -0.3 is 10.2 Å². The minimum Gasteiger partial charge on any atom is -0.506 e. The third-order valence-electron chi connectivity index (χ3n) is 3.83. The number of carboxylic acid groups (broad SMARTS) is 1. The molecule has 0 bridgehead atoms. The van der Waals surface area contributed by atoms with Crippen molar-refractivity contribution >= 4 is 43.3 Å². The summed E-state index contributed by atoms with van der Waals surface area (Å²) in [5, 5.41) is 19.7. The largest absolute Gasteiger partial charge is 0.506 e. The molecule has 0 amide bonds. The Bertz CT molecular complexity index is 1210. The summed E-state index contributed by atoms with van der Waals surface area (Å²) in [5.41, 5.74) is -0.0219. The Kier molecular flexibility index (Phi) is 5.34. The topological polar surface area (TPSA) is 121 Å². The molecule has 1 atom stereocenters.